The van der Waals surface area contributed by atoms with Gasteiger partial charge in [-0.3, -0.25) is 14.9 Å². The molecule has 0 saturated heterocycles. The van der Waals surface area contributed by atoms with E-state index in [1.807, 2.05) is 0 Å². The van der Waals surface area contributed by atoms with Crippen LogP contribution in [0, 0.1) is 27.3 Å². The maximum atomic E-state index is 13.3. The number of carbonyl (C=O) groups is 1. The Morgan fingerprint density at radius 1 is 1.53 bits per heavy atom. The molecule has 1 saturated carbocycles. The van der Waals surface area contributed by atoms with Crippen LogP contribution >= 0.6 is 0 Å². The zero-order chi connectivity index (χ0) is 14.2. The minimum atomic E-state index is -0.984. The molecular weight excluding hydrogens is 253 g/mol. The first kappa shape index (κ1) is 13.5. The Bertz CT molecular complexity index is 541. The standard InChI is InChI=1S/C13H14FNO4/c1-13(12(16)17,9-2-3-9)7-8-4-10(14)6-11(5-8)15(18)19/h4-6,9H,2-3,7H2,1H3,(H,16,17). The van der Waals surface area contributed by atoms with Gasteiger partial charge in [-0.2, -0.15) is 0 Å². The number of benzene rings is 1. The van der Waals surface area contributed by atoms with Gasteiger partial charge in [0.15, 0.2) is 0 Å². The SMILES string of the molecule is CC(Cc1cc(F)cc([N+](=O)[O-])c1)(C(=O)O)C1CC1. The monoisotopic (exact) mass is 267 g/mol. The molecule has 1 N–H and O–H groups in total. The van der Waals surface area contributed by atoms with E-state index in [0.29, 0.717) is 5.56 Å². The normalized spacial score (nSPS) is 17.8. The average Bonchev–Trinajstić information content (AvgIpc) is 3.11. The van der Waals surface area contributed by atoms with Gasteiger partial charge in [-0.05, 0) is 43.7 Å². The van der Waals surface area contributed by atoms with Gasteiger partial charge in [0.2, 0.25) is 0 Å². The van der Waals surface area contributed by atoms with E-state index in [9.17, 15) is 24.4 Å². The fourth-order valence-corrected chi connectivity index (χ4v) is 2.38. The molecule has 1 aliphatic carbocycles. The topological polar surface area (TPSA) is 80.4 Å². The summed E-state index contributed by atoms with van der Waals surface area (Å²) in [5.41, 5.74) is -0.983. The Labute approximate surface area is 109 Å². The second-order valence-electron chi connectivity index (χ2n) is 5.25. The number of carboxylic acids is 1. The molecular formula is C13H14FNO4. The molecule has 1 atom stereocenters. The van der Waals surface area contributed by atoms with Crippen LogP contribution in [0.25, 0.3) is 0 Å². The number of hydrogen-bond donors (Lipinski definition) is 1. The number of halogens is 1. The maximum absolute atomic E-state index is 13.3. The van der Waals surface area contributed by atoms with E-state index < -0.39 is 22.1 Å². The molecule has 102 valence electrons. The number of hydrogen-bond acceptors (Lipinski definition) is 3. The van der Waals surface area contributed by atoms with Crippen LogP contribution in [-0.2, 0) is 11.2 Å². The van der Waals surface area contributed by atoms with Crippen molar-refractivity contribution >= 4 is 11.7 Å². The van der Waals surface area contributed by atoms with E-state index in [-0.39, 0.29) is 18.0 Å². The van der Waals surface area contributed by atoms with Crippen LogP contribution in [0.4, 0.5) is 10.1 Å². The van der Waals surface area contributed by atoms with Gasteiger partial charge in [0.1, 0.15) is 5.82 Å². The molecule has 1 fully saturated rings. The zero-order valence-electron chi connectivity index (χ0n) is 10.4. The minimum Gasteiger partial charge on any atom is -0.481 e. The van der Waals surface area contributed by atoms with Gasteiger partial charge in [-0.1, -0.05) is 0 Å². The van der Waals surface area contributed by atoms with E-state index >= 15 is 0 Å². The summed E-state index contributed by atoms with van der Waals surface area (Å²) in [5.74, 6) is -1.60. The first-order chi connectivity index (χ1) is 8.83. The third-order valence-electron chi connectivity index (χ3n) is 3.69. The van der Waals surface area contributed by atoms with E-state index in [2.05, 4.69) is 0 Å². The van der Waals surface area contributed by atoms with Gasteiger partial charge in [0.25, 0.3) is 5.69 Å². The summed E-state index contributed by atoms with van der Waals surface area (Å²) in [4.78, 5) is 21.4. The minimum absolute atomic E-state index is 0.0623. The Balaban J connectivity index is 2.31. The van der Waals surface area contributed by atoms with Crippen molar-refractivity contribution in [1.82, 2.24) is 0 Å². The van der Waals surface area contributed by atoms with Crippen LogP contribution in [0.2, 0.25) is 0 Å². The molecule has 0 radical (unpaired) electrons. The fourth-order valence-electron chi connectivity index (χ4n) is 2.38. The highest BCUT2D eigenvalue weighted by atomic mass is 19.1. The summed E-state index contributed by atoms with van der Waals surface area (Å²) in [6.45, 7) is 1.61. The molecule has 0 aromatic heterocycles. The molecule has 0 amide bonds. The summed E-state index contributed by atoms with van der Waals surface area (Å²) in [6, 6.07) is 3.24. The van der Waals surface area contributed by atoms with E-state index in [1.165, 1.54) is 6.07 Å². The Hall–Kier alpha value is -1.98. The van der Waals surface area contributed by atoms with Gasteiger partial charge >= 0.3 is 5.97 Å². The number of nitro groups is 1. The van der Waals surface area contributed by atoms with Crippen LogP contribution < -0.4 is 0 Å². The number of carboxylic acid groups (broad SMARTS) is 1. The Morgan fingerprint density at radius 2 is 2.16 bits per heavy atom. The van der Waals surface area contributed by atoms with Crippen LogP contribution in [0.1, 0.15) is 25.3 Å². The number of non-ortho nitro benzene ring substituents is 1. The van der Waals surface area contributed by atoms with E-state index in [4.69, 9.17) is 0 Å². The van der Waals surface area contributed by atoms with Crippen molar-refractivity contribution in [3.63, 3.8) is 0 Å². The predicted molar refractivity (Wildman–Crippen MR) is 65.2 cm³/mol. The quantitative estimate of drug-likeness (QED) is 0.657. The molecule has 1 unspecified atom stereocenters. The first-order valence-electron chi connectivity index (χ1n) is 6.00. The second-order valence-corrected chi connectivity index (χ2v) is 5.25. The summed E-state index contributed by atoms with van der Waals surface area (Å²) in [7, 11) is 0. The lowest BCUT2D eigenvalue weighted by Gasteiger charge is -2.24. The predicted octanol–water partition coefficient (Wildman–Crippen LogP) is 2.78. The number of nitrogens with zero attached hydrogens (tertiary/aromatic N) is 1. The van der Waals surface area contributed by atoms with Crippen molar-refractivity contribution in [1.29, 1.82) is 0 Å². The summed E-state index contributed by atoms with van der Waals surface area (Å²) in [5, 5.41) is 20.0. The van der Waals surface area contributed by atoms with Crippen LogP contribution in [0.5, 0.6) is 0 Å². The van der Waals surface area contributed by atoms with Gasteiger partial charge in [-0.15, -0.1) is 0 Å². The van der Waals surface area contributed by atoms with Crippen LogP contribution in [-0.4, -0.2) is 16.0 Å². The van der Waals surface area contributed by atoms with E-state index in [1.54, 1.807) is 6.92 Å². The molecule has 0 bridgehead atoms. The summed E-state index contributed by atoms with van der Waals surface area (Å²) in [6.07, 6.45) is 1.77. The molecule has 0 aliphatic heterocycles. The van der Waals surface area contributed by atoms with E-state index in [0.717, 1.165) is 25.0 Å². The Morgan fingerprint density at radius 3 is 2.63 bits per heavy atom. The van der Waals surface area contributed by atoms with Gasteiger partial charge < -0.3 is 5.11 Å². The van der Waals surface area contributed by atoms with Crippen LogP contribution in [0.15, 0.2) is 18.2 Å². The lowest BCUT2D eigenvalue weighted by molar-refractivity contribution is -0.385. The lowest BCUT2D eigenvalue weighted by atomic mass is 9.79. The van der Waals surface area contributed by atoms with Gasteiger partial charge in [0.05, 0.1) is 16.4 Å². The van der Waals surface area contributed by atoms with Crippen LogP contribution in [0.3, 0.4) is 0 Å². The highest BCUT2D eigenvalue weighted by molar-refractivity contribution is 5.75. The summed E-state index contributed by atoms with van der Waals surface area (Å²) < 4.78 is 13.3. The smallest absolute Gasteiger partial charge is 0.309 e. The first-order valence-corrected chi connectivity index (χ1v) is 6.00. The zero-order valence-corrected chi connectivity index (χ0v) is 10.4. The number of rotatable bonds is 5. The molecule has 6 heteroatoms. The molecule has 2 rings (SSSR count). The number of nitro benzene ring substituents is 1. The fraction of sp³-hybridized carbons (Fsp3) is 0.462. The van der Waals surface area contributed by atoms with Crippen molar-refractivity contribution in [2.45, 2.75) is 26.2 Å². The number of aliphatic carboxylic acids is 1. The third-order valence-corrected chi connectivity index (χ3v) is 3.69. The molecule has 1 aromatic carbocycles. The molecule has 0 spiro atoms. The highest BCUT2D eigenvalue weighted by Crippen LogP contribution is 2.47. The Kier molecular flexibility index (Phi) is 3.26. The molecule has 1 aromatic rings. The van der Waals surface area contributed by atoms with Crippen molar-refractivity contribution in [3.8, 4) is 0 Å². The van der Waals surface area contributed by atoms with Gasteiger partial charge in [0, 0.05) is 6.07 Å². The third kappa shape index (κ3) is 2.72. The molecule has 5 nitrogen and oxygen atoms in total. The second kappa shape index (κ2) is 4.60. The maximum Gasteiger partial charge on any atom is 0.309 e. The lowest BCUT2D eigenvalue weighted by Crippen LogP contribution is -2.32. The summed E-state index contributed by atoms with van der Waals surface area (Å²) >= 11 is 0. The van der Waals surface area contributed by atoms with Crippen molar-refractivity contribution in [2.75, 3.05) is 0 Å². The highest BCUT2D eigenvalue weighted by Gasteiger charge is 2.47. The van der Waals surface area contributed by atoms with Crippen molar-refractivity contribution in [2.24, 2.45) is 11.3 Å². The van der Waals surface area contributed by atoms with Gasteiger partial charge in [-0.25, -0.2) is 4.39 Å². The van der Waals surface area contributed by atoms with Crippen molar-refractivity contribution in [3.05, 3.63) is 39.7 Å². The largest absolute Gasteiger partial charge is 0.481 e. The molecule has 19 heavy (non-hydrogen) atoms. The molecule has 1 aliphatic rings. The average molecular weight is 267 g/mol. The molecule has 0 heterocycles. The van der Waals surface area contributed by atoms with Crippen molar-refractivity contribution < 1.29 is 19.2 Å².